The molecule has 7 nitrogen and oxygen atoms in total. The van der Waals surface area contributed by atoms with E-state index in [1.165, 1.54) is 12.1 Å². The Morgan fingerprint density at radius 1 is 1.04 bits per heavy atom. The van der Waals surface area contributed by atoms with Crippen LogP contribution in [0.25, 0.3) is 0 Å². The fraction of sp³-hybridized carbons (Fsp3) is 0.100. The fourth-order valence-electron chi connectivity index (χ4n) is 2.45. The molecular formula is C20H16N2O5S. The molecule has 0 radical (unpaired) electrons. The predicted molar refractivity (Wildman–Crippen MR) is 105 cm³/mol. The van der Waals surface area contributed by atoms with Gasteiger partial charge in [0.25, 0.3) is 5.91 Å². The minimum absolute atomic E-state index is 0.0516. The second-order valence-corrected chi connectivity index (χ2v) is 7.01. The van der Waals surface area contributed by atoms with Crippen LogP contribution in [0.15, 0.2) is 66.7 Å². The van der Waals surface area contributed by atoms with Crippen molar-refractivity contribution < 1.29 is 19.2 Å². The molecule has 0 saturated heterocycles. The number of hydrogen-bond donors (Lipinski definition) is 1. The molecule has 0 aliphatic heterocycles. The number of nitro groups is 1. The van der Waals surface area contributed by atoms with Gasteiger partial charge in [0, 0.05) is 17.3 Å². The van der Waals surface area contributed by atoms with E-state index in [2.05, 4.69) is 5.32 Å². The number of thiophene rings is 1. The first kappa shape index (κ1) is 19.2. The number of ether oxygens (including phenoxy) is 1. The number of esters is 1. The van der Waals surface area contributed by atoms with Crippen molar-refractivity contribution in [2.24, 2.45) is 0 Å². The summed E-state index contributed by atoms with van der Waals surface area (Å²) in [7, 11) is 0. The average molecular weight is 396 g/mol. The molecule has 0 spiro atoms. The molecule has 0 unspecified atom stereocenters. The highest BCUT2D eigenvalue weighted by Crippen LogP contribution is 2.27. The van der Waals surface area contributed by atoms with Gasteiger partial charge in [0.15, 0.2) is 0 Å². The van der Waals surface area contributed by atoms with Crippen LogP contribution in [-0.4, -0.2) is 16.8 Å². The van der Waals surface area contributed by atoms with E-state index in [4.69, 9.17) is 4.74 Å². The number of carbonyl (C=O) groups is 2. The van der Waals surface area contributed by atoms with Crippen molar-refractivity contribution in [3.63, 3.8) is 0 Å². The van der Waals surface area contributed by atoms with Crippen LogP contribution in [0.5, 0.6) is 0 Å². The normalized spacial score (nSPS) is 11.5. The van der Waals surface area contributed by atoms with Gasteiger partial charge in [0.1, 0.15) is 4.88 Å². The number of amides is 1. The van der Waals surface area contributed by atoms with Crippen LogP contribution in [-0.2, 0) is 9.53 Å². The number of aryl methyl sites for hydroxylation is 1. The zero-order valence-electron chi connectivity index (χ0n) is 14.8. The van der Waals surface area contributed by atoms with Gasteiger partial charge < -0.3 is 10.1 Å². The van der Waals surface area contributed by atoms with Crippen LogP contribution in [0.2, 0.25) is 0 Å². The average Bonchev–Trinajstić information content (AvgIpc) is 3.19. The molecule has 0 aliphatic carbocycles. The second-order valence-electron chi connectivity index (χ2n) is 5.95. The number of benzene rings is 2. The number of nitrogens with one attached hydrogen (secondary N) is 1. The Morgan fingerprint density at radius 2 is 1.71 bits per heavy atom. The van der Waals surface area contributed by atoms with Crippen LogP contribution < -0.4 is 5.32 Å². The molecule has 0 saturated carbocycles. The second kappa shape index (κ2) is 8.45. The summed E-state index contributed by atoms with van der Waals surface area (Å²) in [5, 5.41) is 13.4. The summed E-state index contributed by atoms with van der Waals surface area (Å²) in [6.45, 7) is 1.93. The molecule has 0 aliphatic rings. The van der Waals surface area contributed by atoms with Crippen molar-refractivity contribution in [3.05, 3.63) is 92.8 Å². The smallest absolute Gasteiger partial charge is 0.349 e. The Labute approximate surface area is 164 Å². The third-order valence-corrected chi connectivity index (χ3v) is 4.87. The van der Waals surface area contributed by atoms with E-state index in [1.807, 2.05) is 19.1 Å². The van der Waals surface area contributed by atoms with Crippen molar-refractivity contribution in [1.29, 1.82) is 0 Å². The van der Waals surface area contributed by atoms with Gasteiger partial charge in [-0.1, -0.05) is 59.4 Å². The summed E-state index contributed by atoms with van der Waals surface area (Å²) in [6, 6.07) is 18.3. The van der Waals surface area contributed by atoms with E-state index in [-0.39, 0.29) is 9.88 Å². The van der Waals surface area contributed by atoms with Gasteiger partial charge in [0.2, 0.25) is 6.10 Å². The first-order valence-electron chi connectivity index (χ1n) is 8.32. The highest BCUT2D eigenvalue weighted by Gasteiger charge is 2.27. The first-order valence-corrected chi connectivity index (χ1v) is 9.13. The summed E-state index contributed by atoms with van der Waals surface area (Å²) in [5.41, 5.74) is 2.11. The molecule has 1 N–H and O–H groups in total. The largest absolute Gasteiger partial charge is 0.443 e. The molecule has 1 heterocycles. The minimum Gasteiger partial charge on any atom is -0.443 e. The molecule has 1 aromatic heterocycles. The molecule has 3 aromatic rings. The monoisotopic (exact) mass is 396 g/mol. The molecule has 0 fully saturated rings. The maximum Gasteiger partial charge on any atom is 0.349 e. The van der Waals surface area contributed by atoms with Gasteiger partial charge >= 0.3 is 11.0 Å². The van der Waals surface area contributed by atoms with Gasteiger partial charge in [-0.2, -0.15) is 0 Å². The SMILES string of the molecule is Cc1ccc(NC(=O)[C@H](OC(=O)c2ccc([N+](=O)[O-])s2)c2ccccc2)cc1. The van der Waals surface area contributed by atoms with E-state index in [9.17, 15) is 19.7 Å². The molecule has 28 heavy (non-hydrogen) atoms. The van der Waals surface area contributed by atoms with Crippen LogP contribution in [0.4, 0.5) is 10.7 Å². The van der Waals surface area contributed by atoms with E-state index in [0.717, 1.165) is 5.56 Å². The summed E-state index contributed by atoms with van der Waals surface area (Å²) in [5.74, 6) is -1.32. The third kappa shape index (κ3) is 4.60. The highest BCUT2D eigenvalue weighted by molar-refractivity contribution is 7.17. The van der Waals surface area contributed by atoms with Crippen molar-refractivity contribution in [1.82, 2.24) is 0 Å². The van der Waals surface area contributed by atoms with Crippen LogP contribution >= 0.6 is 11.3 Å². The third-order valence-electron chi connectivity index (χ3n) is 3.86. The molecule has 0 bridgehead atoms. The Bertz CT molecular complexity index is 999. The van der Waals surface area contributed by atoms with Gasteiger partial charge in [-0.05, 0) is 25.1 Å². The van der Waals surface area contributed by atoms with Crippen molar-refractivity contribution in [2.45, 2.75) is 13.0 Å². The van der Waals surface area contributed by atoms with Crippen LogP contribution in [0, 0.1) is 17.0 Å². The lowest BCUT2D eigenvalue weighted by Crippen LogP contribution is -2.25. The molecule has 142 valence electrons. The summed E-state index contributed by atoms with van der Waals surface area (Å²) < 4.78 is 5.41. The molecule has 2 aromatic carbocycles. The Kier molecular flexibility index (Phi) is 5.81. The van der Waals surface area contributed by atoms with Crippen LogP contribution in [0.1, 0.15) is 26.9 Å². The quantitative estimate of drug-likeness (QED) is 0.376. The summed E-state index contributed by atoms with van der Waals surface area (Å²) in [4.78, 5) is 35.5. The van der Waals surface area contributed by atoms with Gasteiger partial charge in [-0.25, -0.2) is 4.79 Å². The molecular weight excluding hydrogens is 380 g/mol. The number of carbonyl (C=O) groups excluding carboxylic acids is 2. The van der Waals surface area contributed by atoms with E-state index in [1.54, 1.807) is 42.5 Å². The number of nitrogens with zero attached hydrogens (tertiary/aromatic N) is 1. The lowest BCUT2D eigenvalue weighted by Gasteiger charge is -2.17. The standard InChI is InChI=1S/C20H16N2O5S/c1-13-7-9-15(10-8-13)21-19(23)18(14-5-3-2-4-6-14)27-20(24)16-11-12-17(28-16)22(25)26/h2-12,18H,1H3,(H,21,23)/t18-/m1/s1. The van der Waals surface area contributed by atoms with Gasteiger partial charge in [0.05, 0.1) is 4.92 Å². The molecule has 3 rings (SSSR count). The maximum absolute atomic E-state index is 12.8. The minimum atomic E-state index is -1.20. The Hall–Kier alpha value is -3.52. The first-order chi connectivity index (χ1) is 13.4. The van der Waals surface area contributed by atoms with E-state index >= 15 is 0 Å². The van der Waals surface area contributed by atoms with Crippen LogP contribution in [0.3, 0.4) is 0 Å². The van der Waals surface area contributed by atoms with Gasteiger partial charge in [-0.3, -0.25) is 14.9 Å². The number of anilines is 1. The Morgan fingerprint density at radius 3 is 2.32 bits per heavy atom. The highest BCUT2D eigenvalue weighted by atomic mass is 32.1. The molecule has 1 atom stereocenters. The predicted octanol–water partition coefficient (Wildman–Crippen LogP) is 4.50. The maximum atomic E-state index is 12.8. The van der Waals surface area contributed by atoms with E-state index in [0.29, 0.717) is 22.6 Å². The number of hydrogen-bond acceptors (Lipinski definition) is 6. The zero-order valence-corrected chi connectivity index (χ0v) is 15.6. The summed E-state index contributed by atoms with van der Waals surface area (Å²) >= 11 is 0.698. The molecule has 1 amide bonds. The lowest BCUT2D eigenvalue weighted by atomic mass is 10.1. The summed E-state index contributed by atoms with van der Waals surface area (Å²) in [6.07, 6.45) is -1.20. The number of rotatable bonds is 6. The van der Waals surface area contributed by atoms with Crippen molar-refractivity contribution >= 4 is 33.9 Å². The van der Waals surface area contributed by atoms with Crippen molar-refractivity contribution in [3.8, 4) is 0 Å². The van der Waals surface area contributed by atoms with Crippen molar-refractivity contribution in [2.75, 3.05) is 5.32 Å². The van der Waals surface area contributed by atoms with E-state index < -0.39 is 22.9 Å². The molecule has 8 heteroatoms. The lowest BCUT2D eigenvalue weighted by molar-refractivity contribution is -0.380. The Balaban J connectivity index is 1.82. The zero-order chi connectivity index (χ0) is 20.1. The fourth-order valence-corrected chi connectivity index (χ4v) is 3.15. The topological polar surface area (TPSA) is 98.5 Å². The van der Waals surface area contributed by atoms with Gasteiger partial charge in [-0.15, -0.1) is 0 Å².